The Morgan fingerprint density at radius 3 is 3.00 bits per heavy atom. The average Bonchev–Trinajstić information content (AvgIpc) is 2.19. The van der Waals surface area contributed by atoms with Gasteiger partial charge in [0.1, 0.15) is 0 Å². The number of thiocarbonyl (C=S) groups is 1. The molecule has 0 saturated heterocycles. The Hall–Kier alpha value is -0.610. The van der Waals surface area contributed by atoms with E-state index in [1.54, 1.807) is 0 Å². The molecule has 0 aromatic rings. The first-order valence-corrected chi connectivity index (χ1v) is 5.06. The van der Waals surface area contributed by atoms with Crippen LogP contribution in [-0.2, 0) is 0 Å². The molecule has 0 atom stereocenters. The summed E-state index contributed by atoms with van der Waals surface area (Å²) in [6.45, 7) is 4.23. The van der Waals surface area contributed by atoms with Crippen molar-refractivity contribution in [1.82, 2.24) is 15.5 Å². The van der Waals surface area contributed by atoms with Crippen LogP contribution in [0.5, 0.6) is 0 Å². The van der Waals surface area contributed by atoms with Crippen LogP contribution < -0.4 is 10.6 Å². The summed E-state index contributed by atoms with van der Waals surface area (Å²) in [5.74, 6) is 0. The summed E-state index contributed by atoms with van der Waals surface area (Å²) >= 11 is 4.97. The van der Waals surface area contributed by atoms with E-state index in [1.165, 1.54) is 13.0 Å². The fraction of sp³-hybridized carbons (Fsp3) is 0.667. The minimum atomic E-state index is 0.729. The van der Waals surface area contributed by atoms with Gasteiger partial charge in [-0.25, -0.2) is 0 Å². The van der Waals surface area contributed by atoms with Gasteiger partial charge in [-0.05, 0) is 18.6 Å². The van der Waals surface area contributed by atoms with Crippen molar-refractivity contribution in [3.8, 4) is 0 Å². The van der Waals surface area contributed by atoms with Crippen LogP contribution in [0, 0.1) is 0 Å². The minimum absolute atomic E-state index is 0.729. The lowest BCUT2D eigenvalue weighted by molar-refractivity contribution is 0.303. The smallest absolute Gasteiger partial charge is 0.166 e. The molecule has 0 spiro atoms. The van der Waals surface area contributed by atoms with Crippen molar-refractivity contribution < 1.29 is 0 Å². The Kier molecular flexibility index (Phi) is 4.78. The zero-order chi connectivity index (χ0) is 9.52. The average molecular weight is 199 g/mol. The molecular formula is C9H17N3S. The fourth-order valence-corrected chi connectivity index (χ4v) is 1.41. The maximum atomic E-state index is 4.97. The molecule has 0 unspecified atom stereocenters. The Balaban J connectivity index is 2.05. The van der Waals surface area contributed by atoms with Gasteiger partial charge < -0.3 is 10.6 Å². The lowest BCUT2D eigenvalue weighted by atomic mass is 10.2. The highest BCUT2D eigenvalue weighted by atomic mass is 32.1. The topological polar surface area (TPSA) is 27.3 Å². The van der Waals surface area contributed by atoms with Gasteiger partial charge in [0.05, 0.1) is 0 Å². The van der Waals surface area contributed by atoms with Crippen LogP contribution >= 0.6 is 12.2 Å². The molecule has 0 radical (unpaired) electrons. The van der Waals surface area contributed by atoms with Gasteiger partial charge in [-0.3, -0.25) is 4.90 Å². The zero-order valence-corrected chi connectivity index (χ0v) is 8.86. The molecule has 0 saturated carbocycles. The molecule has 0 aromatic heterocycles. The fourth-order valence-electron chi connectivity index (χ4n) is 1.31. The van der Waals surface area contributed by atoms with Gasteiger partial charge in [-0.15, -0.1) is 0 Å². The maximum Gasteiger partial charge on any atom is 0.166 e. The summed E-state index contributed by atoms with van der Waals surface area (Å²) in [5, 5.41) is 6.75. The van der Waals surface area contributed by atoms with E-state index < -0.39 is 0 Å². The quantitative estimate of drug-likeness (QED) is 0.506. The van der Waals surface area contributed by atoms with Crippen molar-refractivity contribution in [2.75, 3.05) is 33.2 Å². The summed E-state index contributed by atoms with van der Waals surface area (Å²) in [6, 6.07) is 0. The summed E-state index contributed by atoms with van der Waals surface area (Å²) in [7, 11) is 1.83. The molecule has 0 bridgehead atoms. The number of nitrogens with zero attached hydrogens (tertiary/aromatic N) is 1. The largest absolute Gasteiger partial charge is 0.366 e. The third-order valence-corrected chi connectivity index (χ3v) is 2.43. The molecule has 1 rings (SSSR count). The maximum absolute atomic E-state index is 4.97. The van der Waals surface area contributed by atoms with E-state index in [0.29, 0.717) is 0 Å². The second kappa shape index (κ2) is 5.94. The zero-order valence-electron chi connectivity index (χ0n) is 8.05. The molecule has 1 aliphatic heterocycles. The van der Waals surface area contributed by atoms with Crippen LogP contribution in [0.15, 0.2) is 12.2 Å². The first kappa shape index (κ1) is 10.5. The minimum Gasteiger partial charge on any atom is -0.366 e. The van der Waals surface area contributed by atoms with Crippen LogP contribution in [-0.4, -0.2) is 43.2 Å². The summed E-state index contributed by atoms with van der Waals surface area (Å²) < 4.78 is 0. The monoisotopic (exact) mass is 199 g/mol. The van der Waals surface area contributed by atoms with Crippen molar-refractivity contribution in [3.63, 3.8) is 0 Å². The molecule has 74 valence electrons. The molecule has 1 heterocycles. The predicted octanol–water partition coefficient (Wildman–Crippen LogP) is 0.342. The summed E-state index contributed by atoms with van der Waals surface area (Å²) in [6.07, 6.45) is 5.64. The first-order chi connectivity index (χ1) is 6.33. The Labute approximate surface area is 85.2 Å². The predicted molar refractivity (Wildman–Crippen MR) is 59.9 cm³/mol. The molecule has 0 fully saturated rings. The van der Waals surface area contributed by atoms with E-state index in [4.69, 9.17) is 12.2 Å². The molecule has 1 aliphatic rings. The van der Waals surface area contributed by atoms with Gasteiger partial charge in [-0.2, -0.15) is 0 Å². The lowest BCUT2D eigenvalue weighted by Crippen LogP contribution is -2.39. The summed E-state index contributed by atoms with van der Waals surface area (Å²) in [5.41, 5.74) is 0. The highest BCUT2D eigenvalue weighted by Gasteiger charge is 2.04. The van der Waals surface area contributed by atoms with Gasteiger partial charge in [0.15, 0.2) is 5.11 Å². The SMILES string of the molecule is CNC(=S)NCCN1CC=CCC1. The molecule has 0 amide bonds. The Morgan fingerprint density at radius 1 is 1.54 bits per heavy atom. The standard InChI is InChI=1S/C9H17N3S/c1-10-9(13)11-5-8-12-6-3-2-4-7-12/h2-3H,4-8H2,1H3,(H2,10,11,13). The van der Waals surface area contributed by atoms with Crippen molar-refractivity contribution in [3.05, 3.63) is 12.2 Å². The van der Waals surface area contributed by atoms with E-state index in [-0.39, 0.29) is 0 Å². The van der Waals surface area contributed by atoms with Gasteiger partial charge in [0.2, 0.25) is 0 Å². The van der Waals surface area contributed by atoms with E-state index in [9.17, 15) is 0 Å². The Bertz CT molecular complexity index is 191. The highest BCUT2D eigenvalue weighted by Crippen LogP contribution is 1.98. The molecule has 2 N–H and O–H groups in total. The number of nitrogens with one attached hydrogen (secondary N) is 2. The van der Waals surface area contributed by atoms with Gasteiger partial charge in [-0.1, -0.05) is 12.2 Å². The van der Waals surface area contributed by atoms with Crippen LogP contribution in [0.1, 0.15) is 6.42 Å². The Morgan fingerprint density at radius 2 is 2.38 bits per heavy atom. The lowest BCUT2D eigenvalue weighted by Gasteiger charge is -2.23. The van der Waals surface area contributed by atoms with E-state index in [0.717, 1.165) is 24.7 Å². The van der Waals surface area contributed by atoms with Crippen LogP contribution in [0.2, 0.25) is 0 Å². The van der Waals surface area contributed by atoms with Crippen LogP contribution in [0.3, 0.4) is 0 Å². The molecule has 3 nitrogen and oxygen atoms in total. The number of hydrogen-bond donors (Lipinski definition) is 2. The van der Waals surface area contributed by atoms with Gasteiger partial charge in [0, 0.05) is 33.2 Å². The van der Waals surface area contributed by atoms with Crippen molar-refractivity contribution in [1.29, 1.82) is 0 Å². The number of hydrogen-bond acceptors (Lipinski definition) is 2. The van der Waals surface area contributed by atoms with E-state index in [2.05, 4.69) is 27.7 Å². The third kappa shape index (κ3) is 4.24. The van der Waals surface area contributed by atoms with Crippen LogP contribution in [0.25, 0.3) is 0 Å². The second-order valence-corrected chi connectivity index (χ2v) is 3.47. The van der Waals surface area contributed by atoms with E-state index in [1.807, 2.05) is 7.05 Å². The highest BCUT2D eigenvalue weighted by molar-refractivity contribution is 7.80. The molecular weight excluding hydrogens is 182 g/mol. The van der Waals surface area contributed by atoms with Crippen LogP contribution in [0.4, 0.5) is 0 Å². The third-order valence-electron chi connectivity index (χ3n) is 2.08. The molecule has 0 aromatic carbocycles. The van der Waals surface area contributed by atoms with Gasteiger partial charge in [0.25, 0.3) is 0 Å². The van der Waals surface area contributed by atoms with E-state index >= 15 is 0 Å². The van der Waals surface area contributed by atoms with Crippen molar-refractivity contribution >= 4 is 17.3 Å². The van der Waals surface area contributed by atoms with Crippen molar-refractivity contribution in [2.45, 2.75) is 6.42 Å². The van der Waals surface area contributed by atoms with Gasteiger partial charge >= 0.3 is 0 Å². The summed E-state index contributed by atoms with van der Waals surface area (Å²) in [4.78, 5) is 2.41. The first-order valence-electron chi connectivity index (χ1n) is 4.66. The molecule has 0 aliphatic carbocycles. The number of rotatable bonds is 3. The molecule has 13 heavy (non-hydrogen) atoms. The molecule has 4 heteroatoms. The second-order valence-electron chi connectivity index (χ2n) is 3.07. The van der Waals surface area contributed by atoms with Crippen molar-refractivity contribution in [2.24, 2.45) is 0 Å². The normalized spacial score (nSPS) is 17.0.